The van der Waals surface area contributed by atoms with E-state index in [4.69, 9.17) is 14.2 Å². The maximum absolute atomic E-state index is 12.8. The first-order valence-electron chi connectivity index (χ1n) is 25.4. The lowest BCUT2D eigenvalue weighted by Crippen LogP contribution is -2.30. The topological polar surface area (TPSA) is 78.9 Å². The molecule has 0 aromatic rings. The SMILES string of the molecule is CC/C=C\C/C=C\C/C=C\CCCCCCCCCCCC(=O)OCC(COC(=O)CCCCCCCCCCCC)OC(=O)CCCCCC/C=C\C/C=C\C/C=C\CC. The number of allylic oxidation sites excluding steroid dienone is 12. The van der Waals surface area contributed by atoms with Crippen molar-refractivity contribution in [2.75, 3.05) is 13.2 Å². The standard InChI is InChI=1S/C55H94O6/c1-4-7-10-13-16-19-22-24-26-27-28-29-30-32-33-36-39-42-45-48-54(57)60-51-52(50-59-53(56)47-44-41-38-35-21-18-15-12-9-6-3)61-55(58)49-46-43-40-37-34-31-25-23-20-17-14-11-8-5-2/h7-8,10-11,16-17,19-20,24-26,31,52H,4-6,9,12-15,18,21-23,27-30,32-51H2,1-3H3/b10-7-,11-8-,19-16-,20-17-,26-24-,31-25-. The summed E-state index contributed by atoms with van der Waals surface area (Å²) in [7, 11) is 0. The summed E-state index contributed by atoms with van der Waals surface area (Å²) in [4.78, 5) is 37.9. The van der Waals surface area contributed by atoms with E-state index in [9.17, 15) is 14.4 Å². The second-order valence-corrected chi connectivity index (χ2v) is 16.7. The van der Waals surface area contributed by atoms with E-state index in [1.165, 1.54) is 89.9 Å². The van der Waals surface area contributed by atoms with Gasteiger partial charge in [-0.2, -0.15) is 0 Å². The molecule has 1 atom stereocenters. The van der Waals surface area contributed by atoms with E-state index < -0.39 is 6.10 Å². The first-order valence-corrected chi connectivity index (χ1v) is 25.4. The zero-order valence-corrected chi connectivity index (χ0v) is 39.9. The number of carbonyl (C=O) groups excluding carboxylic acids is 3. The Morgan fingerprint density at radius 2 is 0.639 bits per heavy atom. The van der Waals surface area contributed by atoms with Gasteiger partial charge >= 0.3 is 17.9 Å². The molecular formula is C55H94O6. The molecule has 0 heterocycles. The Morgan fingerprint density at radius 1 is 0.344 bits per heavy atom. The van der Waals surface area contributed by atoms with Gasteiger partial charge in [0.05, 0.1) is 0 Å². The minimum Gasteiger partial charge on any atom is -0.462 e. The molecule has 0 aliphatic rings. The summed E-state index contributed by atoms with van der Waals surface area (Å²) in [6.07, 6.45) is 61.7. The molecule has 0 saturated carbocycles. The summed E-state index contributed by atoms with van der Waals surface area (Å²) in [6, 6.07) is 0. The maximum Gasteiger partial charge on any atom is 0.306 e. The van der Waals surface area contributed by atoms with Crippen LogP contribution in [0.5, 0.6) is 0 Å². The zero-order valence-electron chi connectivity index (χ0n) is 39.9. The molecule has 6 heteroatoms. The van der Waals surface area contributed by atoms with Gasteiger partial charge < -0.3 is 14.2 Å². The maximum atomic E-state index is 12.8. The van der Waals surface area contributed by atoms with Gasteiger partial charge in [0.2, 0.25) is 0 Å². The number of hydrogen-bond donors (Lipinski definition) is 0. The average molecular weight is 851 g/mol. The number of carbonyl (C=O) groups is 3. The minimum atomic E-state index is -0.786. The second kappa shape index (κ2) is 49.5. The van der Waals surface area contributed by atoms with Crippen LogP contribution in [0.4, 0.5) is 0 Å². The van der Waals surface area contributed by atoms with E-state index in [0.29, 0.717) is 19.3 Å². The van der Waals surface area contributed by atoms with Crippen molar-refractivity contribution in [1.82, 2.24) is 0 Å². The van der Waals surface area contributed by atoms with Gasteiger partial charge in [-0.15, -0.1) is 0 Å². The van der Waals surface area contributed by atoms with Crippen molar-refractivity contribution in [1.29, 1.82) is 0 Å². The Kier molecular flexibility index (Phi) is 46.9. The largest absolute Gasteiger partial charge is 0.462 e. The first kappa shape index (κ1) is 57.9. The zero-order chi connectivity index (χ0) is 44.4. The van der Waals surface area contributed by atoms with Crippen LogP contribution in [0.1, 0.15) is 239 Å². The second-order valence-electron chi connectivity index (χ2n) is 16.7. The van der Waals surface area contributed by atoms with E-state index in [1.54, 1.807) is 0 Å². The fourth-order valence-corrected chi connectivity index (χ4v) is 6.94. The summed E-state index contributed by atoms with van der Waals surface area (Å²) >= 11 is 0. The van der Waals surface area contributed by atoms with Gasteiger partial charge in [0.1, 0.15) is 13.2 Å². The summed E-state index contributed by atoms with van der Waals surface area (Å²) < 4.78 is 16.8. The molecule has 6 nitrogen and oxygen atoms in total. The number of hydrogen-bond acceptors (Lipinski definition) is 6. The number of rotatable bonds is 45. The smallest absolute Gasteiger partial charge is 0.306 e. The van der Waals surface area contributed by atoms with Crippen molar-refractivity contribution < 1.29 is 28.6 Å². The van der Waals surface area contributed by atoms with E-state index in [1.807, 2.05) is 0 Å². The lowest BCUT2D eigenvalue weighted by molar-refractivity contribution is -0.167. The highest BCUT2D eigenvalue weighted by molar-refractivity contribution is 5.71. The predicted octanol–water partition coefficient (Wildman–Crippen LogP) is 16.6. The Morgan fingerprint density at radius 3 is 1.00 bits per heavy atom. The molecule has 0 aliphatic heterocycles. The average Bonchev–Trinajstić information content (AvgIpc) is 3.26. The molecule has 0 spiro atoms. The minimum absolute atomic E-state index is 0.0850. The van der Waals surface area contributed by atoms with E-state index in [0.717, 1.165) is 109 Å². The molecule has 350 valence electrons. The van der Waals surface area contributed by atoms with Crippen molar-refractivity contribution in [2.45, 2.75) is 245 Å². The molecule has 1 unspecified atom stereocenters. The highest BCUT2D eigenvalue weighted by Gasteiger charge is 2.19. The van der Waals surface area contributed by atoms with Crippen LogP contribution in [-0.2, 0) is 28.6 Å². The van der Waals surface area contributed by atoms with E-state index in [-0.39, 0.29) is 31.1 Å². The molecule has 61 heavy (non-hydrogen) atoms. The van der Waals surface area contributed by atoms with Crippen LogP contribution in [0.25, 0.3) is 0 Å². The molecule has 0 fully saturated rings. The Balaban J connectivity index is 4.35. The summed E-state index contributed by atoms with van der Waals surface area (Å²) in [6.45, 7) is 6.38. The van der Waals surface area contributed by atoms with Crippen molar-refractivity contribution >= 4 is 17.9 Å². The third-order valence-electron chi connectivity index (χ3n) is 10.7. The van der Waals surface area contributed by atoms with Crippen molar-refractivity contribution in [3.63, 3.8) is 0 Å². The third-order valence-corrected chi connectivity index (χ3v) is 10.7. The Bertz CT molecular complexity index is 1160. The molecule has 0 aromatic carbocycles. The van der Waals surface area contributed by atoms with Gasteiger partial charge in [-0.3, -0.25) is 14.4 Å². The highest BCUT2D eigenvalue weighted by atomic mass is 16.6. The molecule has 0 radical (unpaired) electrons. The molecule has 0 rings (SSSR count). The molecule has 0 aromatic heterocycles. The Hall–Kier alpha value is -3.15. The van der Waals surface area contributed by atoms with Gasteiger partial charge in [-0.05, 0) is 83.5 Å². The van der Waals surface area contributed by atoms with Crippen LogP contribution in [0.15, 0.2) is 72.9 Å². The number of ether oxygens (including phenoxy) is 3. The van der Waals surface area contributed by atoms with Gasteiger partial charge in [0, 0.05) is 19.3 Å². The molecule has 0 amide bonds. The van der Waals surface area contributed by atoms with Crippen LogP contribution in [-0.4, -0.2) is 37.2 Å². The lowest BCUT2D eigenvalue weighted by Gasteiger charge is -2.18. The van der Waals surface area contributed by atoms with Crippen LogP contribution in [0.3, 0.4) is 0 Å². The van der Waals surface area contributed by atoms with Crippen LogP contribution in [0, 0.1) is 0 Å². The van der Waals surface area contributed by atoms with Crippen LogP contribution >= 0.6 is 0 Å². The number of esters is 3. The monoisotopic (exact) mass is 851 g/mol. The normalized spacial score (nSPS) is 12.6. The highest BCUT2D eigenvalue weighted by Crippen LogP contribution is 2.15. The molecule has 0 aliphatic carbocycles. The molecular weight excluding hydrogens is 757 g/mol. The van der Waals surface area contributed by atoms with Gasteiger partial charge in [0.25, 0.3) is 0 Å². The van der Waals surface area contributed by atoms with Crippen LogP contribution in [0.2, 0.25) is 0 Å². The summed E-state index contributed by atoms with van der Waals surface area (Å²) in [5.74, 6) is -0.913. The summed E-state index contributed by atoms with van der Waals surface area (Å²) in [5, 5.41) is 0. The van der Waals surface area contributed by atoms with Gasteiger partial charge in [-0.25, -0.2) is 0 Å². The fourth-order valence-electron chi connectivity index (χ4n) is 6.94. The van der Waals surface area contributed by atoms with Gasteiger partial charge in [0.15, 0.2) is 6.10 Å². The first-order chi connectivity index (χ1) is 30.0. The molecule has 0 saturated heterocycles. The summed E-state index contributed by atoms with van der Waals surface area (Å²) in [5.41, 5.74) is 0. The fraction of sp³-hybridized carbons (Fsp3) is 0.727. The Labute approximate surface area is 376 Å². The van der Waals surface area contributed by atoms with Gasteiger partial charge in [-0.1, -0.05) is 209 Å². The van der Waals surface area contributed by atoms with E-state index >= 15 is 0 Å². The third kappa shape index (κ3) is 47.7. The van der Waals surface area contributed by atoms with Crippen molar-refractivity contribution in [2.24, 2.45) is 0 Å². The number of unbranched alkanes of at least 4 members (excludes halogenated alkanes) is 22. The van der Waals surface area contributed by atoms with Crippen LogP contribution < -0.4 is 0 Å². The quantitative estimate of drug-likeness (QED) is 0.0263. The van der Waals surface area contributed by atoms with Crippen molar-refractivity contribution in [3.8, 4) is 0 Å². The lowest BCUT2D eigenvalue weighted by atomic mass is 10.1. The van der Waals surface area contributed by atoms with Crippen molar-refractivity contribution in [3.05, 3.63) is 72.9 Å². The van der Waals surface area contributed by atoms with E-state index in [2.05, 4.69) is 93.7 Å². The molecule has 0 bridgehead atoms. The predicted molar refractivity (Wildman–Crippen MR) is 261 cm³/mol. The molecule has 0 N–H and O–H groups in total.